The van der Waals surface area contributed by atoms with Gasteiger partial charge < -0.3 is 5.73 Å². The fourth-order valence-electron chi connectivity index (χ4n) is 1.89. The molecular weight excluding hydrogens is 198 g/mol. The van der Waals surface area contributed by atoms with Crippen molar-refractivity contribution in [1.29, 1.82) is 0 Å². The van der Waals surface area contributed by atoms with Gasteiger partial charge in [0.05, 0.1) is 5.69 Å². The van der Waals surface area contributed by atoms with Crippen LogP contribution in [0.2, 0.25) is 0 Å². The second-order valence-electron chi connectivity index (χ2n) is 4.02. The van der Waals surface area contributed by atoms with Crippen molar-refractivity contribution in [3.8, 4) is 11.3 Å². The van der Waals surface area contributed by atoms with Crippen molar-refractivity contribution in [3.63, 3.8) is 0 Å². The number of aryl methyl sites for hydroxylation is 2. The Bertz CT molecular complexity index is 468. The molecule has 2 aromatic rings. The van der Waals surface area contributed by atoms with Crippen molar-refractivity contribution in [2.45, 2.75) is 19.8 Å². The lowest BCUT2D eigenvalue weighted by Gasteiger charge is -2.03. The monoisotopic (exact) mass is 215 g/mol. The van der Waals surface area contributed by atoms with Gasteiger partial charge in [-0.3, -0.25) is 4.68 Å². The molecule has 0 radical (unpaired) electrons. The minimum atomic E-state index is 0.565. The lowest BCUT2D eigenvalue weighted by molar-refractivity contribution is 0.780. The van der Waals surface area contributed by atoms with Gasteiger partial charge in [-0.15, -0.1) is 0 Å². The molecule has 1 heterocycles. The summed E-state index contributed by atoms with van der Waals surface area (Å²) >= 11 is 0. The van der Waals surface area contributed by atoms with Gasteiger partial charge >= 0.3 is 0 Å². The first kappa shape index (κ1) is 10.7. The maximum absolute atomic E-state index is 5.66. The topological polar surface area (TPSA) is 43.8 Å². The largest absolute Gasteiger partial charge is 0.382 e. The molecule has 2 rings (SSSR count). The highest BCUT2D eigenvalue weighted by atomic mass is 15.3. The lowest BCUT2D eigenvalue weighted by Crippen LogP contribution is -1.94. The highest BCUT2D eigenvalue weighted by molar-refractivity contribution is 5.62. The van der Waals surface area contributed by atoms with Crippen LogP contribution in [-0.2, 0) is 13.5 Å². The molecule has 0 fully saturated rings. The van der Waals surface area contributed by atoms with E-state index in [0.717, 1.165) is 17.7 Å². The zero-order valence-corrected chi connectivity index (χ0v) is 9.77. The minimum absolute atomic E-state index is 0.565. The standard InChI is InChI=1S/C13H17N3/c1-3-4-10-5-7-11(8-6-10)12-9-13(14)15-16(12)2/h5-9H,3-4H2,1-2H3,(H2,14,15). The van der Waals surface area contributed by atoms with E-state index in [1.807, 2.05) is 17.8 Å². The molecule has 0 aliphatic carbocycles. The summed E-state index contributed by atoms with van der Waals surface area (Å²) in [6.07, 6.45) is 2.31. The third-order valence-corrected chi connectivity index (χ3v) is 2.69. The van der Waals surface area contributed by atoms with E-state index < -0.39 is 0 Å². The number of anilines is 1. The van der Waals surface area contributed by atoms with Crippen molar-refractivity contribution < 1.29 is 0 Å². The van der Waals surface area contributed by atoms with Crippen LogP contribution in [0, 0.1) is 0 Å². The number of nitrogen functional groups attached to an aromatic ring is 1. The Morgan fingerprint density at radius 2 is 1.94 bits per heavy atom. The predicted molar refractivity (Wildman–Crippen MR) is 67.1 cm³/mol. The molecule has 0 amide bonds. The number of hydrogen-bond donors (Lipinski definition) is 1. The molecule has 1 aromatic heterocycles. The molecule has 1 aromatic carbocycles. The summed E-state index contributed by atoms with van der Waals surface area (Å²) in [6.45, 7) is 2.19. The smallest absolute Gasteiger partial charge is 0.146 e. The quantitative estimate of drug-likeness (QED) is 0.855. The average molecular weight is 215 g/mol. The Balaban J connectivity index is 2.31. The van der Waals surface area contributed by atoms with E-state index in [0.29, 0.717) is 5.82 Å². The van der Waals surface area contributed by atoms with Gasteiger partial charge in [0, 0.05) is 13.1 Å². The molecule has 0 atom stereocenters. The van der Waals surface area contributed by atoms with Crippen LogP contribution in [0.25, 0.3) is 11.3 Å². The molecule has 3 heteroatoms. The van der Waals surface area contributed by atoms with Gasteiger partial charge in [-0.25, -0.2) is 0 Å². The van der Waals surface area contributed by atoms with E-state index in [4.69, 9.17) is 5.73 Å². The average Bonchev–Trinajstić information content (AvgIpc) is 2.59. The molecule has 2 N–H and O–H groups in total. The molecule has 0 saturated carbocycles. The number of benzene rings is 1. The zero-order valence-electron chi connectivity index (χ0n) is 9.77. The van der Waals surface area contributed by atoms with Crippen LogP contribution < -0.4 is 5.73 Å². The second-order valence-corrected chi connectivity index (χ2v) is 4.02. The van der Waals surface area contributed by atoms with Gasteiger partial charge in [0.2, 0.25) is 0 Å². The number of aromatic nitrogens is 2. The molecule has 0 bridgehead atoms. The summed E-state index contributed by atoms with van der Waals surface area (Å²) in [7, 11) is 1.91. The van der Waals surface area contributed by atoms with Gasteiger partial charge in [0.1, 0.15) is 5.82 Å². The first-order valence-electron chi connectivity index (χ1n) is 5.59. The molecule has 84 valence electrons. The fourth-order valence-corrected chi connectivity index (χ4v) is 1.89. The van der Waals surface area contributed by atoms with E-state index in [9.17, 15) is 0 Å². The van der Waals surface area contributed by atoms with Gasteiger partial charge in [-0.2, -0.15) is 5.10 Å². The summed E-state index contributed by atoms with van der Waals surface area (Å²) < 4.78 is 1.81. The molecule has 0 saturated heterocycles. The van der Waals surface area contributed by atoms with Gasteiger partial charge in [-0.05, 0) is 17.5 Å². The second kappa shape index (κ2) is 4.39. The molecule has 3 nitrogen and oxygen atoms in total. The van der Waals surface area contributed by atoms with Crippen LogP contribution in [0.15, 0.2) is 30.3 Å². The Hall–Kier alpha value is -1.77. The first-order chi connectivity index (χ1) is 7.70. The van der Waals surface area contributed by atoms with Crippen molar-refractivity contribution in [3.05, 3.63) is 35.9 Å². The molecule has 0 aliphatic rings. The van der Waals surface area contributed by atoms with Crippen LogP contribution in [0.4, 0.5) is 5.82 Å². The zero-order chi connectivity index (χ0) is 11.5. The van der Waals surface area contributed by atoms with E-state index in [1.54, 1.807) is 0 Å². The van der Waals surface area contributed by atoms with Crippen LogP contribution in [0.3, 0.4) is 0 Å². The van der Waals surface area contributed by atoms with E-state index in [-0.39, 0.29) is 0 Å². The molecule has 0 unspecified atom stereocenters. The van der Waals surface area contributed by atoms with Crippen LogP contribution in [0.1, 0.15) is 18.9 Å². The van der Waals surface area contributed by atoms with Gasteiger partial charge in [-0.1, -0.05) is 37.6 Å². The number of nitrogens with two attached hydrogens (primary N) is 1. The van der Waals surface area contributed by atoms with Crippen LogP contribution in [0.5, 0.6) is 0 Å². The Morgan fingerprint density at radius 1 is 1.25 bits per heavy atom. The summed E-state index contributed by atoms with van der Waals surface area (Å²) in [6, 6.07) is 10.5. The van der Waals surface area contributed by atoms with E-state index in [1.165, 1.54) is 12.0 Å². The number of hydrogen-bond acceptors (Lipinski definition) is 2. The van der Waals surface area contributed by atoms with Crippen molar-refractivity contribution >= 4 is 5.82 Å². The predicted octanol–water partition coefficient (Wildman–Crippen LogP) is 2.62. The van der Waals surface area contributed by atoms with Gasteiger partial charge in [0.25, 0.3) is 0 Å². The number of rotatable bonds is 3. The Morgan fingerprint density at radius 3 is 2.44 bits per heavy atom. The fraction of sp³-hybridized carbons (Fsp3) is 0.308. The lowest BCUT2D eigenvalue weighted by atomic mass is 10.1. The number of nitrogens with zero attached hydrogens (tertiary/aromatic N) is 2. The molecule has 16 heavy (non-hydrogen) atoms. The highest BCUT2D eigenvalue weighted by Gasteiger charge is 2.04. The van der Waals surface area contributed by atoms with Crippen molar-refractivity contribution in [2.24, 2.45) is 7.05 Å². The Labute approximate surface area is 95.9 Å². The summed E-state index contributed by atoms with van der Waals surface area (Å²) in [4.78, 5) is 0. The molecule has 0 aliphatic heterocycles. The molecular formula is C13H17N3. The molecule has 0 spiro atoms. The third-order valence-electron chi connectivity index (χ3n) is 2.69. The summed E-state index contributed by atoms with van der Waals surface area (Å²) in [5, 5.41) is 4.14. The maximum atomic E-state index is 5.66. The minimum Gasteiger partial charge on any atom is -0.382 e. The summed E-state index contributed by atoms with van der Waals surface area (Å²) in [5.74, 6) is 0.565. The summed E-state index contributed by atoms with van der Waals surface area (Å²) in [5.41, 5.74) is 9.25. The normalized spacial score (nSPS) is 10.6. The maximum Gasteiger partial charge on any atom is 0.146 e. The van der Waals surface area contributed by atoms with Crippen molar-refractivity contribution in [1.82, 2.24) is 9.78 Å². The highest BCUT2D eigenvalue weighted by Crippen LogP contribution is 2.21. The Kier molecular flexibility index (Phi) is 2.95. The van der Waals surface area contributed by atoms with Gasteiger partial charge in [0.15, 0.2) is 0 Å². The van der Waals surface area contributed by atoms with E-state index in [2.05, 4.69) is 36.3 Å². The van der Waals surface area contributed by atoms with Crippen LogP contribution >= 0.6 is 0 Å². The van der Waals surface area contributed by atoms with Crippen molar-refractivity contribution in [2.75, 3.05) is 5.73 Å². The third kappa shape index (κ3) is 2.08. The van der Waals surface area contributed by atoms with E-state index >= 15 is 0 Å². The van der Waals surface area contributed by atoms with Crippen LogP contribution in [-0.4, -0.2) is 9.78 Å². The first-order valence-corrected chi connectivity index (χ1v) is 5.59. The SMILES string of the molecule is CCCc1ccc(-c2cc(N)nn2C)cc1.